The van der Waals surface area contributed by atoms with E-state index >= 15 is 0 Å². The molecule has 1 aliphatic heterocycles. The Labute approximate surface area is 92.6 Å². The molecule has 0 saturated carbocycles. The molecule has 16 heavy (non-hydrogen) atoms. The van der Waals surface area contributed by atoms with Crippen LogP contribution in [0.15, 0.2) is 18.3 Å². The number of nitrogen functional groups attached to an aromatic ring is 1. The number of hydrogen-bond acceptors (Lipinski definition) is 5. The molecule has 0 aromatic carbocycles. The van der Waals surface area contributed by atoms with Crippen molar-refractivity contribution in [2.45, 2.75) is 0 Å². The maximum absolute atomic E-state index is 5.60. The van der Waals surface area contributed by atoms with E-state index in [1.165, 1.54) is 0 Å². The van der Waals surface area contributed by atoms with Gasteiger partial charge in [-0.25, -0.2) is 9.50 Å². The number of hydrogen-bond donors (Lipinski definition) is 1. The number of aromatic nitrogens is 3. The summed E-state index contributed by atoms with van der Waals surface area (Å²) in [6, 6.07) is 4.03. The van der Waals surface area contributed by atoms with Crippen molar-refractivity contribution in [3.63, 3.8) is 0 Å². The molecular weight excluding hydrogens is 206 g/mol. The number of anilines is 2. The number of ether oxygens (including phenoxy) is 1. The lowest BCUT2D eigenvalue weighted by atomic mass is 10.4. The lowest BCUT2D eigenvalue weighted by molar-refractivity contribution is 0.122. The van der Waals surface area contributed by atoms with Gasteiger partial charge in [0.25, 0.3) is 0 Å². The molecule has 0 unspecified atom stereocenters. The van der Waals surface area contributed by atoms with Crippen LogP contribution in [-0.2, 0) is 4.74 Å². The van der Waals surface area contributed by atoms with E-state index in [2.05, 4.69) is 15.0 Å². The van der Waals surface area contributed by atoms with Crippen molar-refractivity contribution in [1.82, 2.24) is 14.6 Å². The molecule has 2 N–H and O–H groups in total. The van der Waals surface area contributed by atoms with Gasteiger partial charge in [-0.3, -0.25) is 0 Å². The largest absolute Gasteiger partial charge is 0.378 e. The van der Waals surface area contributed by atoms with Gasteiger partial charge in [0, 0.05) is 13.1 Å². The Bertz CT molecular complexity index is 503. The predicted octanol–water partition coefficient (Wildman–Crippen LogP) is 0.148. The van der Waals surface area contributed by atoms with Crippen molar-refractivity contribution < 1.29 is 4.74 Å². The quantitative estimate of drug-likeness (QED) is 0.739. The molecule has 6 heteroatoms. The zero-order chi connectivity index (χ0) is 11.0. The predicted molar refractivity (Wildman–Crippen MR) is 60.4 cm³/mol. The molecule has 0 amide bonds. The highest BCUT2D eigenvalue weighted by molar-refractivity contribution is 5.57. The summed E-state index contributed by atoms with van der Waals surface area (Å²) in [5, 5.41) is 4.21. The molecule has 0 bridgehead atoms. The number of fused-ring (bicyclic) bond motifs is 1. The van der Waals surface area contributed by atoms with Gasteiger partial charge in [-0.15, -0.1) is 5.10 Å². The fourth-order valence-corrected chi connectivity index (χ4v) is 1.93. The SMILES string of the molecule is Nc1ncc2ccc(N3CCOCC3)n2n1. The van der Waals surface area contributed by atoms with E-state index in [0.717, 1.165) is 37.6 Å². The van der Waals surface area contributed by atoms with Crippen molar-refractivity contribution in [2.24, 2.45) is 0 Å². The minimum atomic E-state index is 0.290. The molecule has 0 aliphatic carbocycles. The first kappa shape index (κ1) is 9.41. The highest BCUT2D eigenvalue weighted by Crippen LogP contribution is 2.18. The summed E-state index contributed by atoms with van der Waals surface area (Å²) in [5.41, 5.74) is 6.55. The zero-order valence-corrected chi connectivity index (χ0v) is 8.83. The molecule has 2 aromatic rings. The molecule has 6 nitrogen and oxygen atoms in total. The van der Waals surface area contributed by atoms with Crippen LogP contribution >= 0.6 is 0 Å². The first-order valence-corrected chi connectivity index (χ1v) is 5.27. The second-order valence-electron chi connectivity index (χ2n) is 3.74. The van der Waals surface area contributed by atoms with Gasteiger partial charge in [-0.2, -0.15) is 0 Å². The van der Waals surface area contributed by atoms with Crippen LogP contribution in [0.5, 0.6) is 0 Å². The van der Waals surface area contributed by atoms with Crippen LogP contribution in [0.3, 0.4) is 0 Å². The molecule has 0 spiro atoms. The Hall–Kier alpha value is -1.82. The third-order valence-electron chi connectivity index (χ3n) is 2.73. The number of nitrogens with two attached hydrogens (primary N) is 1. The maximum atomic E-state index is 5.60. The summed E-state index contributed by atoms with van der Waals surface area (Å²) in [7, 11) is 0. The summed E-state index contributed by atoms with van der Waals surface area (Å²) in [4.78, 5) is 6.21. The van der Waals surface area contributed by atoms with Crippen molar-refractivity contribution >= 4 is 17.3 Å². The van der Waals surface area contributed by atoms with Gasteiger partial charge < -0.3 is 15.4 Å². The Morgan fingerprint density at radius 1 is 1.25 bits per heavy atom. The van der Waals surface area contributed by atoms with Crippen molar-refractivity contribution in [3.8, 4) is 0 Å². The second-order valence-corrected chi connectivity index (χ2v) is 3.74. The van der Waals surface area contributed by atoms with Crippen LogP contribution in [0.2, 0.25) is 0 Å². The number of morpholine rings is 1. The Morgan fingerprint density at radius 2 is 2.06 bits per heavy atom. The zero-order valence-electron chi connectivity index (χ0n) is 8.83. The van der Waals surface area contributed by atoms with Crippen LogP contribution in [0.1, 0.15) is 0 Å². The molecule has 3 heterocycles. The monoisotopic (exact) mass is 219 g/mol. The molecule has 2 aromatic heterocycles. The lowest BCUT2D eigenvalue weighted by Crippen LogP contribution is -2.37. The third-order valence-corrected chi connectivity index (χ3v) is 2.73. The van der Waals surface area contributed by atoms with Gasteiger partial charge in [-0.1, -0.05) is 0 Å². The van der Waals surface area contributed by atoms with E-state index < -0.39 is 0 Å². The van der Waals surface area contributed by atoms with E-state index in [-0.39, 0.29) is 0 Å². The average Bonchev–Trinajstić information content (AvgIpc) is 2.73. The van der Waals surface area contributed by atoms with E-state index in [1.54, 1.807) is 6.20 Å². The molecular formula is C10H13N5O. The third kappa shape index (κ3) is 1.47. The molecule has 1 saturated heterocycles. The fourth-order valence-electron chi connectivity index (χ4n) is 1.93. The van der Waals surface area contributed by atoms with E-state index in [4.69, 9.17) is 10.5 Å². The highest BCUT2D eigenvalue weighted by atomic mass is 16.5. The van der Waals surface area contributed by atoms with Crippen molar-refractivity contribution in [1.29, 1.82) is 0 Å². The Balaban J connectivity index is 2.05. The molecule has 1 fully saturated rings. The first-order chi connectivity index (χ1) is 7.84. The minimum Gasteiger partial charge on any atom is -0.378 e. The van der Waals surface area contributed by atoms with Crippen LogP contribution < -0.4 is 10.6 Å². The molecule has 84 valence electrons. The molecule has 0 radical (unpaired) electrons. The number of nitrogens with zero attached hydrogens (tertiary/aromatic N) is 4. The molecule has 3 rings (SSSR count). The van der Waals surface area contributed by atoms with Gasteiger partial charge in [0.15, 0.2) is 0 Å². The average molecular weight is 219 g/mol. The van der Waals surface area contributed by atoms with Crippen LogP contribution in [0.25, 0.3) is 5.52 Å². The van der Waals surface area contributed by atoms with Gasteiger partial charge in [0.05, 0.1) is 24.9 Å². The summed E-state index contributed by atoms with van der Waals surface area (Å²) >= 11 is 0. The minimum absolute atomic E-state index is 0.290. The van der Waals surface area contributed by atoms with Crippen molar-refractivity contribution in [3.05, 3.63) is 18.3 Å². The van der Waals surface area contributed by atoms with Crippen molar-refractivity contribution in [2.75, 3.05) is 36.9 Å². The summed E-state index contributed by atoms with van der Waals surface area (Å²) in [6.45, 7) is 3.29. The first-order valence-electron chi connectivity index (χ1n) is 5.27. The van der Waals surface area contributed by atoms with Crippen LogP contribution in [0.4, 0.5) is 11.8 Å². The van der Waals surface area contributed by atoms with E-state index in [0.29, 0.717) is 5.95 Å². The topological polar surface area (TPSA) is 68.7 Å². The second kappa shape index (κ2) is 3.64. The van der Waals surface area contributed by atoms with Gasteiger partial charge in [-0.05, 0) is 12.1 Å². The van der Waals surface area contributed by atoms with Crippen LogP contribution in [0, 0.1) is 0 Å². The lowest BCUT2D eigenvalue weighted by Gasteiger charge is -2.27. The molecule has 1 aliphatic rings. The Kier molecular flexibility index (Phi) is 2.14. The van der Waals surface area contributed by atoms with E-state index in [1.807, 2.05) is 16.6 Å². The van der Waals surface area contributed by atoms with E-state index in [9.17, 15) is 0 Å². The standard InChI is InChI=1S/C10H13N5O/c11-10-12-7-8-1-2-9(15(8)13-10)14-3-5-16-6-4-14/h1-2,7H,3-6H2,(H2,11,13). The molecule has 0 atom stereocenters. The smallest absolute Gasteiger partial charge is 0.238 e. The van der Waals surface area contributed by atoms with Crippen LogP contribution in [-0.4, -0.2) is 40.9 Å². The fraction of sp³-hybridized carbons (Fsp3) is 0.400. The van der Waals surface area contributed by atoms with Gasteiger partial charge >= 0.3 is 0 Å². The maximum Gasteiger partial charge on any atom is 0.238 e. The highest BCUT2D eigenvalue weighted by Gasteiger charge is 2.15. The summed E-state index contributed by atoms with van der Waals surface area (Å²) in [5.74, 6) is 1.34. The van der Waals surface area contributed by atoms with Gasteiger partial charge in [0.2, 0.25) is 5.95 Å². The summed E-state index contributed by atoms with van der Waals surface area (Å²) < 4.78 is 7.15. The van der Waals surface area contributed by atoms with Gasteiger partial charge in [0.1, 0.15) is 5.82 Å². The normalized spacial score (nSPS) is 16.9. The Morgan fingerprint density at radius 3 is 2.88 bits per heavy atom. The number of rotatable bonds is 1. The summed E-state index contributed by atoms with van der Waals surface area (Å²) in [6.07, 6.45) is 1.73.